The fourth-order valence-corrected chi connectivity index (χ4v) is 3.90. The third kappa shape index (κ3) is 4.85. The van der Waals surface area contributed by atoms with Gasteiger partial charge in [-0.15, -0.1) is 0 Å². The maximum atomic E-state index is 14.2. The Morgan fingerprint density at radius 2 is 1.72 bits per heavy atom. The zero-order valence-corrected chi connectivity index (χ0v) is 17.8. The van der Waals surface area contributed by atoms with Crippen molar-refractivity contribution in [2.75, 3.05) is 6.54 Å². The fraction of sp³-hybridized carbons (Fsp3) is 0.350. The van der Waals surface area contributed by atoms with Crippen LogP contribution in [0.25, 0.3) is 0 Å². The van der Waals surface area contributed by atoms with Crippen molar-refractivity contribution in [2.45, 2.75) is 37.7 Å². The maximum absolute atomic E-state index is 14.2. The number of aromatic nitrogens is 1. The van der Waals surface area contributed by atoms with Gasteiger partial charge in [0.05, 0.1) is 23.5 Å². The molecule has 172 valence electrons. The number of aliphatic imine (C=N–C) groups is 1. The molecule has 0 saturated carbocycles. The molecule has 0 fully saturated rings. The molecule has 0 saturated heterocycles. The van der Waals surface area contributed by atoms with Gasteiger partial charge in [-0.1, -0.05) is 23.2 Å². The summed E-state index contributed by atoms with van der Waals surface area (Å²) in [4.78, 5) is 18.7. The molecule has 12 heteroatoms. The van der Waals surface area contributed by atoms with Crippen molar-refractivity contribution in [2.24, 2.45) is 4.99 Å². The Morgan fingerprint density at radius 3 is 2.25 bits per heavy atom. The van der Waals surface area contributed by atoms with Crippen LogP contribution in [0.3, 0.4) is 0 Å². The van der Waals surface area contributed by atoms with E-state index in [9.17, 15) is 31.1 Å². The van der Waals surface area contributed by atoms with Crippen molar-refractivity contribution in [3.8, 4) is 0 Å². The molecule has 1 aromatic heterocycles. The summed E-state index contributed by atoms with van der Waals surface area (Å²) in [5.41, 5.74) is -4.98. The Hall–Kier alpha value is -2.33. The summed E-state index contributed by atoms with van der Waals surface area (Å²) >= 11 is 11.7. The molecule has 0 bridgehead atoms. The highest BCUT2D eigenvalue weighted by atomic mass is 35.5. The number of esters is 1. The van der Waals surface area contributed by atoms with E-state index in [0.29, 0.717) is 6.07 Å². The van der Waals surface area contributed by atoms with Gasteiger partial charge in [0.2, 0.25) is 0 Å². The van der Waals surface area contributed by atoms with Crippen LogP contribution in [0.15, 0.2) is 35.5 Å². The van der Waals surface area contributed by atoms with Gasteiger partial charge < -0.3 is 4.74 Å². The molecule has 1 aromatic carbocycles. The summed E-state index contributed by atoms with van der Waals surface area (Å²) in [6.07, 6.45) is -9.59. The number of hydrogen-bond donors (Lipinski definition) is 0. The summed E-state index contributed by atoms with van der Waals surface area (Å²) < 4.78 is 87.6. The molecule has 1 aliphatic rings. The molecule has 3 rings (SSSR count). The van der Waals surface area contributed by atoms with Crippen LogP contribution < -0.4 is 0 Å². The van der Waals surface area contributed by atoms with Gasteiger partial charge in [-0.3, -0.25) is 14.8 Å². The monoisotopic (exact) mass is 498 g/mol. The average Bonchev–Trinajstić information content (AvgIpc) is 3.11. The van der Waals surface area contributed by atoms with Crippen LogP contribution >= 0.6 is 23.2 Å². The van der Waals surface area contributed by atoms with E-state index in [1.165, 1.54) is 6.07 Å². The van der Waals surface area contributed by atoms with Crippen molar-refractivity contribution in [1.82, 2.24) is 4.98 Å². The normalized spacial score (nSPS) is 19.1. The highest BCUT2D eigenvalue weighted by Crippen LogP contribution is 2.49. The maximum Gasteiger partial charge on any atom is 0.416 e. The van der Waals surface area contributed by atoms with Crippen molar-refractivity contribution >= 4 is 34.9 Å². The number of pyridine rings is 1. The lowest BCUT2D eigenvalue weighted by Crippen LogP contribution is -2.43. The predicted molar refractivity (Wildman–Crippen MR) is 105 cm³/mol. The summed E-state index contributed by atoms with van der Waals surface area (Å²) in [5.74, 6) is -0.794. The third-order valence-electron chi connectivity index (χ3n) is 4.99. The molecule has 0 spiro atoms. The molecule has 0 radical (unpaired) electrons. The first-order chi connectivity index (χ1) is 14.7. The zero-order chi connectivity index (χ0) is 23.9. The van der Waals surface area contributed by atoms with Gasteiger partial charge in [-0.05, 0) is 29.8 Å². The van der Waals surface area contributed by atoms with Gasteiger partial charge in [-0.25, -0.2) is 0 Å². The number of ether oxygens (including phenoxy) is 1. The molecule has 0 N–H and O–H groups in total. The summed E-state index contributed by atoms with van der Waals surface area (Å²) in [5, 5.41) is -0.0336. The minimum atomic E-state index is -4.85. The van der Waals surface area contributed by atoms with Gasteiger partial charge in [0.25, 0.3) is 0 Å². The number of halogens is 8. The highest BCUT2D eigenvalue weighted by Gasteiger charge is 2.58. The predicted octanol–water partition coefficient (Wildman–Crippen LogP) is 6.16. The first-order valence-corrected chi connectivity index (χ1v) is 9.75. The number of benzene rings is 1. The molecule has 4 nitrogen and oxygen atoms in total. The SMILES string of the molecule is CC(=O)OCc1cnc(C2=NCC(c3cc(Cl)cc(Cl)c3)(C(F)(F)F)C2)cc1C(F)(F)F. The quantitative estimate of drug-likeness (QED) is 0.374. The lowest BCUT2D eigenvalue weighted by molar-refractivity contribution is -0.183. The lowest BCUT2D eigenvalue weighted by atomic mass is 9.77. The number of carbonyl (C=O) groups excluding carboxylic acids is 1. The third-order valence-corrected chi connectivity index (χ3v) is 5.42. The highest BCUT2D eigenvalue weighted by molar-refractivity contribution is 6.34. The van der Waals surface area contributed by atoms with Crippen LogP contribution in [0.4, 0.5) is 26.3 Å². The number of alkyl halides is 6. The Labute approximate surface area is 188 Å². The molecule has 1 unspecified atom stereocenters. The fourth-order valence-electron chi connectivity index (χ4n) is 3.38. The molecular formula is C20H14Cl2F6N2O2. The molecule has 2 aromatic rings. The molecular weight excluding hydrogens is 485 g/mol. The molecule has 32 heavy (non-hydrogen) atoms. The topological polar surface area (TPSA) is 51.5 Å². The summed E-state index contributed by atoms with van der Waals surface area (Å²) in [6.45, 7) is -0.417. The first kappa shape index (κ1) is 24.3. The average molecular weight is 499 g/mol. The van der Waals surface area contributed by atoms with E-state index in [2.05, 4.69) is 14.7 Å². The smallest absolute Gasteiger partial charge is 0.416 e. The van der Waals surface area contributed by atoms with Crippen LogP contribution in [0.1, 0.15) is 35.7 Å². The summed E-state index contributed by atoms with van der Waals surface area (Å²) in [7, 11) is 0. The van der Waals surface area contributed by atoms with Crippen LogP contribution in [-0.4, -0.2) is 29.4 Å². The Bertz CT molecular complexity index is 1060. The van der Waals surface area contributed by atoms with E-state index in [0.717, 1.165) is 25.3 Å². The first-order valence-electron chi connectivity index (χ1n) is 8.99. The van der Waals surface area contributed by atoms with Crippen LogP contribution in [0.2, 0.25) is 10.0 Å². The Kier molecular flexibility index (Phi) is 6.50. The molecule has 0 amide bonds. The van der Waals surface area contributed by atoms with Crippen LogP contribution in [-0.2, 0) is 27.7 Å². The second-order valence-corrected chi connectivity index (χ2v) is 8.06. The van der Waals surface area contributed by atoms with E-state index >= 15 is 0 Å². The van der Waals surface area contributed by atoms with Crippen molar-refractivity contribution < 1.29 is 35.9 Å². The van der Waals surface area contributed by atoms with E-state index in [4.69, 9.17) is 23.2 Å². The minimum absolute atomic E-state index is 0.0168. The van der Waals surface area contributed by atoms with Gasteiger partial charge in [0.15, 0.2) is 0 Å². The molecule has 1 atom stereocenters. The van der Waals surface area contributed by atoms with E-state index in [-0.39, 0.29) is 27.0 Å². The number of rotatable bonds is 4. The van der Waals surface area contributed by atoms with Crippen LogP contribution in [0, 0.1) is 0 Å². The Morgan fingerprint density at radius 1 is 1.09 bits per heavy atom. The van der Waals surface area contributed by atoms with Gasteiger partial charge >= 0.3 is 18.3 Å². The van der Waals surface area contributed by atoms with Gasteiger partial charge in [0, 0.05) is 35.2 Å². The number of nitrogens with zero attached hydrogens (tertiary/aromatic N) is 2. The number of hydrogen-bond acceptors (Lipinski definition) is 4. The van der Waals surface area contributed by atoms with Gasteiger partial charge in [0.1, 0.15) is 12.0 Å². The van der Waals surface area contributed by atoms with Crippen LogP contribution in [0.5, 0.6) is 0 Å². The van der Waals surface area contributed by atoms with Crippen molar-refractivity contribution in [1.29, 1.82) is 0 Å². The minimum Gasteiger partial charge on any atom is -0.461 e. The standard InChI is InChI=1S/C20H14Cl2F6N2O2/c1-10(31)32-8-11-7-29-16(5-15(11)19(23,24)25)17-6-18(9-30-17,20(26,27)28)12-2-13(21)4-14(22)3-12/h2-5,7H,6,8-9H2,1H3. The van der Waals surface area contributed by atoms with E-state index in [1.807, 2.05) is 0 Å². The lowest BCUT2D eigenvalue weighted by Gasteiger charge is -2.31. The Balaban J connectivity index is 2.02. The molecule has 2 heterocycles. The summed E-state index contributed by atoms with van der Waals surface area (Å²) in [6, 6.07) is 4.09. The zero-order valence-electron chi connectivity index (χ0n) is 16.2. The number of carbonyl (C=O) groups is 1. The second-order valence-electron chi connectivity index (χ2n) is 7.18. The van der Waals surface area contributed by atoms with Crippen molar-refractivity contribution in [3.63, 3.8) is 0 Å². The van der Waals surface area contributed by atoms with E-state index < -0.39 is 54.4 Å². The molecule has 1 aliphatic heterocycles. The molecule has 0 aliphatic carbocycles. The second kappa shape index (κ2) is 8.55. The largest absolute Gasteiger partial charge is 0.461 e. The van der Waals surface area contributed by atoms with E-state index in [1.54, 1.807) is 0 Å². The van der Waals surface area contributed by atoms with Crippen molar-refractivity contribution in [3.05, 3.63) is 62.9 Å². The van der Waals surface area contributed by atoms with Gasteiger partial charge in [-0.2, -0.15) is 26.3 Å².